The van der Waals surface area contributed by atoms with Crippen molar-refractivity contribution in [1.29, 1.82) is 0 Å². The van der Waals surface area contributed by atoms with Crippen molar-refractivity contribution in [3.05, 3.63) is 65.7 Å². The zero-order valence-corrected chi connectivity index (χ0v) is 11.8. The van der Waals surface area contributed by atoms with Gasteiger partial charge in [-0.05, 0) is 18.1 Å². The molecule has 0 spiro atoms. The summed E-state index contributed by atoms with van der Waals surface area (Å²) in [6.07, 6.45) is 0.851. The minimum Gasteiger partial charge on any atom is -0.508 e. The highest BCUT2D eigenvalue weighted by molar-refractivity contribution is 5.79. The summed E-state index contributed by atoms with van der Waals surface area (Å²) in [6, 6.07) is 16.6. The summed E-state index contributed by atoms with van der Waals surface area (Å²) in [5, 5.41) is 12.5. The number of carbonyl (C=O) groups is 1. The number of hydrogen-bond donors (Lipinski definition) is 3. The third kappa shape index (κ3) is 4.61. The van der Waals surface area contributed by atoms with Gasteiger partial charge in [0.05, 0.1) is 6.42 Å². The van der Waals surface area contributed by atoms with Gasteiger partial charge in [-0.25, -0.2) is 0 Å². The number of phenolic OH excluding ortho intramolecular Hbond substituents is 1. The predicted molar refractivity (Wildman–Crippen MR) is 82.8 cm³/mol. The average molecular weight is 284 g/mol. The number of hydrogen-bond acceptors (Lipinski definition) is 3. The lowest BCUT2D eigenvalue weighted by Crippen LogP contribution is -2.28. The molecule has 1 amide bonds. The molecule has 0 saturated heterocycles. The molecule has 0 fully saturated rings. The van der Waals surface area contributed by atoms with Crippen molar-refractivity contribution in [2.24, 2.45) is 5.73 Å². The number of aromatic hydroxyl groups is 1. The number of carbonyl (C=O) groups excluding carboxylic acids is 1. The lowest BCUT2D eigenvalue weighted by Gasteiger charge is -2.12. The number of nitrogens with one attached hydrogen (secondary N) is 1. The number of para-hydroxylation sites is 1. The maximum Gasteiger partial charge on any atom is 0.224 e. The zero-order chi connectivity index (χ0) is 15.1. The van der Waals surface area contributed by atoms with Crippen molar-refractivity contribution < 1.29 is 9.90 Å². The van der Waals surface area contributed by atoms with E-state index in [0.29, 0.717) is 18.5 Å². The van der Waals surface area contributed by atoms with Gasteiger partial charge in [-0.1, -0.05) is 48.5 Å². The van der Waals surface area contributed by atoms with E-state index >= 15 is 0 Å². The Labute approximate surface area is 124 Å². The summed E-state index contributed by atoms with van der Waals surface area (Å²) >= 11 is 0. The lowest BCUT2D eigenvalue weighted by atomic mass is 10.0. The van der Waals surface area contributed by atoms with Crippen LogP contribution in [-0.2, 0) is 11.2 Å². The molecule has 0 saturated carbocycles. The molecule has 0 radical (unpaired) electrons. The van der Waals surface area contributed by atoms with E-state index in [-0.39, 0.29) is 24.1 Å². The molecule has 0 aliphatic rings. The first-order valence-corrected chi connectivity index (χ1v) is 7.01. The van der Waals surface area contributed by atoms with E-state index in [1.807, 2.05) is 30.3 Å². The number of nitrogens with two attached hydrogens (primary N) is 1. The van der Waals surface area contributed by atoms with Crippen LogP contribution in [0.5, 0.6) is 5.75 Å². The van der Waals surface area contributed by atoms with Gasteiger partial charge in [0.25, 0.3) is 0 Å². The fourth-order valence-corrected chi connectivity index (χ4v) is 2.13. The first kappa shape index (κ1) is 15.1. The van der Waals surface area contributed by atoms with Crippen LogP contribution in [0.2, 0.25) is 0 Å². The zero-order valence-electron chi connectivity index (χ0n) is 11.8. The van der Waals surface area contributed by atoms with Gasteiger partial charge in [-0.2, -0.15) is 0 Å². The van der Waals surface area contributed by atoms with Gasteiger partial charge in [0.1, 0.15) is 5.75 Å². The fraction of sp³-hybridized carbons (Fsp3) is 0.235. The van der Waals surface area contributed by atoms with E-state index in [1.165, 1.54) is 0 Å². The standard InChI is InChI=1S/C17H20N2O2/c18-15(13-6-2-1-3-7-13)10-11-19-17(21)12-14-8-4-5-9-16(14)20/h1-9,15,20H,10-12,18H2,(H,19,21). The minimum absolute atomic E-state index is 0.0865. The molecule has 4 heteroatoms. The highest BCUT2D eigenvalue weighted by Gasteiger charge is 2.08. The van der Waals surface area contributed by atoms with Crippen molar-refractivity contribution in [3.8, 4) is 5.75 Å². The van der Waals surface area contributed by atoms with Crippen molar-refractivity contribution >= 4 is 5.91 Å². The summed E-state index contributed by atoms with van der Waals surface area (Å²) in [5.74, 6) is 0.0328. The SMILES string of the molecule is NC(CCNC(=O)Cc1ccccc1O)c1ccccc1. The van der Waals surface area contributed by atoms with Crippen LogP contribution < -0.4 is 11.1 Å². The summed E-state index contributed by atoms with van der Waals surface area (Å²) in [7, 11) is 0. The Kier molecular flexibility index (Phi) is 5.35. The summed E-state index contributed by atoms with van der Waals surface area (Å²) in [6.45, 7) is 0.516. The van der Waals surface area contributed by atoms with Crippen molar-refractivity contribution in [2.75, 3.05) is 6.54 Å². The molecule has 1 atom stereocenters. The third-order valence-electron chi connectivity index (χ3n) is 3.35. The molecular formula is C17H20N2O2. The average Bonchev–Trinajstić information content (AvgIpc) is 2.50. The molecular weight excluding hydrogens is 264 g/mol. The van der Waals surface area contributed by atoms with Crippen molar-refractivity contribution in [3.63, 3.8) is 0 Å². The summed E-state index contributed by atoms with van der Waals surface area (Å²) in [5.41, 5.74) is 7.76. The minimum atomic E-state index is -0.114. The Morgan fingerprint density at radius 3 is 2.48 bits per heavy atom. The maximum atomic E-state index is 11.8. The molecule has 2 aromatic rings. The normalized spacial score (nSPS) is 11.9. The van der Waals surface area contributed by atoms with E-state index in [1.54, 1.807) is 24.3 Å². The highest BCUT2D eigenvalue weighted by atomic mass is 16.3. The van der Waals surface area contributed by atoms with Crippen molar-refractivity contribution in [1.82, 2.24) is 5.32 Å². The van der Waals surface area contributed by atoms with Crippen LogP contribution in [0.4, 0.5) is 0 Å². The summed E-state index contributed by atoms with van der Waals surface area (Å²) < 4.78 is 0. The van der Waals surface area contributed by atoms with Gasteiger partial charge in [-0.15, -0.1) is 0 Å². The Bertz CT molecular complexity index is 584. The highest BCUT2D eigenvalue weighted by Crippen LogP contribution is 2.16. The van der Waals surface area contributed by atoms with E-state index < -0.39 is 0 Å². The molecule has 110 valence electrons. The van der Waals surface area contributed by atoms with E-state index in [0.717, 1.165) is 5.56 Å². The van der Waals surface area contributed by atoms with Crippen LogP contribution in [0.25, 0.3) is 0 Å². The fourth-order valence-electron chi connectivity index (χ4n) is 2.13. The van der Waals surface area contributed by atoms with Gasteiger partial charge in [-0.3, -0.25) is 4.79 Å². The monoisotopic (exact) mass is 284 g/mol. The molecule has 2 aromatic carbocycles. The number of phenols is 1. The molecule has 0 aromatic heterocycles. The van der Waals surface area contributed by atoms with E-state index in [4.69, 9.17) is 5.73 Å². The van der Waals surface area contributed by atoms with Crippen LogP contribution in [0.3, 0.4) is 0 Å². The number of benzene rings is 2. The van der Waals surface area contributed by atoms with Crippen LogP contribution in [0.15, 0.2) is 54.6 Å². The molecule has 1 unspecified atom stereocenters. The first-order valence-electron chi connectivity index (χ1n) is 7.01. The Morgan fingerprint density at radius 1 is 1.10 bits per heavy atom. The van der Waals surface area contributed by atoms with Crippen LogP contribution in [-0.4, -0.2) is 17.6 Å². The van der Waals surface area contributed by atoms with Crippen LogP contribution >= 0.6 is 0 Å². The maximum absolute atomic E-state index is 11.8. The van der Waals surface area contributed by atoms with Crippen LogP contribution in [0.1, 0.15) is 23.6 Å². The molecule has 0 aliphatic heterocycles. The van der Waals surface area contributed by atoms with Gasteiger partial charge in [0, 0.05) is 18.2 Å². The number of amides is 1. The van der Waals surface area contributed by atoms with Gasteiger partial charge < -0.3 is 16.2 Å². The topological polar surface area (TPSA) is 75.3 Å². The predicted octanol–water partition coefficient (Wildman–Crippen LogP) is 2.14. The molecule has 0 bridgehead atoms. The molecule has 4 N–H and O–H groups in total. The van der Waals surface area contributed by atoms with E-state index in [2.05, 4.69) is 5.32 Å². The van der Waals surface area contributed by atoms with E-state index in [9.17, 15) is 9.90 Å². The first-order chi connectivity index (χ1) is 10.2. The second-order valence-electron chi connectivity index (χ2n) is 4.96. The second kappa shape index (κ2) is 7.45. The Balaban J connectivity index is 1.76. The number of rotatable bonds is 6. The molecule has 21 heavy (non-hydrogen) atoms. The molecule has 2 rings (SSSR count). The molecule has 0 heterocycles. The van der Waals surface area contributed by atoms with Gasteiger partial charge >= 0.3 is 0 Å². The van der Waals surface area contributed by atoms with Crippen LogP contribution in [0, 0.1) is 0 Å². The lowest BCUT2D eigenvalue weighted by molar-refractivity contribution is -0.120. The largest absolute Gasteiger partial charge is 0.508 e. The smallest absolute Gasteiger partial charge is 0.224 e. The quantitative estimate of drug-likeness (QED) is 0.760. The Hall–Kier alpha value is -2.33. The molecule has 0 aliphatic carbocycles. The molecule has 4 nitrogen and oxygen atoms in total. The third-order valence-corrected chi connectivity index (χ3v) is 3.35. The Morgan fingerprint density at radius 2 is 1.76 bits per heavy atom. The second-order valence-corrected chi connectivity index (χ2v) is 4.96. The summed E-state index contributed by atoms with van der Waals surface area (Å²) in [4.78, 5) is 11.8. The van der Waals surface area contributed by atoms with Crippen molar-refractivity contribution in [2.45, 2.75) is 18.9 Å². The van der Waals surface area contributed by atoms with Gasteiger partial charge in [0.15, 0.2) is 0 Å². The van der Waals surface area contributed by atoms with Gasteiger partial charge in [0.2, 0.25) is 5.91 Å².